The number of hydrogen-bond acceptors (Lipinski definition) is 3. The molecule has 188 valence electrons. The fraction of sp³-hybridized carbons (Fsp3) is 0.333. The van der Waals surface area contributed by atoms with Crippen LogP contribution in [0.25, 0.3) is 0 Å². The minimum atomic E-state index is -0.691. The topological polar surface area (TPSA) is 58.6 Å². The van der Waals surface area contributed by atoms with E-state index in [-0.39, 0.29) is 36.6 Å². The summed E-state index contributed by atoms with van der Waals surface area (Å²) >= 11 is 0. The van der Waals surface area contributed by atoms with Crippen LogP contribution in [-0.2, 0) is 29.0 Å². The summed E-state index contributed by atoms with van der Waals surface area (Å²) in [6.45, 7) is 0.213. The third-order valence-corrected chi connectivity index (χ3v) is 6.75. The van der Waals surface area contributed by atoms with E-state index in [0.717, 1.165) is 42.4 Å². The van der Waals surface area contributed by atoms with Crippen LogP contribution in [0.15, 0.2) is 78.9 Å². The Morgan fingerprint density at radius 3 is 2.19 bits per heavy atom. The molecular weight excluding hydrogens is 455 g/mol. The molecule has 6 heteroatoms. The highest BCUT2D eigenvalue weighted by atomic mass is 19.1. The van der Waals surface area contributed by atoms with Crippen molar-refractivity contribution in [2.45, 2.75) is 57.2 Å². The monoisotopic (exact) mass is 488 g/mol. The van der Waals surface area contributed by atoms with Crippen molar-refractivity contribution < 1.29 is 18.7 Å². The van der Waals surface area contributed by atoms with Crippen LogP contribution in [-0.4, -0.2) is 35.9 Å². The van der Waals surface area contributed by atoms with Crippen molar-refractivity contribution in [1.29, 1.82) is 0 Å². The fourth-order valence-electron chi connectivity index (χ4n) is 4.73. The van der Waals surface area contributed by atoms with E-state index in [1.165, 1.54) is 12.1 Å². The molecule has 1 aliphatic rings. The van der Waals surface area contributed by atoms with E-state index in [4.69, 9.17) is 4.74 Å². The summed E-state index contributed by atoms with van der Waals surface area (Å²) < 4.78 is 18.8. The molecule has 36 heavy (non-hydrogen) atoms. The van der Waals surface area contributed by atoms with Gasteiger partial charge in [0.15, 0.2) is 0 Å². The Hall–Kier alpha value is -3.67. The van der Waals surface area contributed by atoms with Crippen LogP contribution in [0, 0.1) is 5.82 Å². The lowest BCUT2D eigenvalue weighted by atomic mass is 10.0. The van der Waals surface area contributed by atoms with Crippen LogP contribution in [0.1, 0.15) is 42.4 Å². The SMILES string of the molecule is COc1ccc(CC(=O)N(Cc2ccc(F)cc2)[C@@H](Cc2ccccc2)C(=O)NC2CCCC2)cc1. The smallest absolute Gasteiger partial charge is 0.243 e. The van der Waals surface area contributed by atoms with Crippen molar-refractivity contribution in [1.82, 2.24) is 10.2 Å². The summed E-state index contributed by atoms with van der Waals surface area (Å²) in [6.07, 6.45) is 4.67. The first kappa shape index (κ1) is 25.4. The molecule has 1 saturated carbocycles. The summed E-state index contributed by atoms with van der Waals surface area (Å²) in [5.41, 5.74) is 2.58. The Bertz CT molecular complexity index is 1130. The average molecular weight is 489 g/mol. The quantitative estimate of drug-likeness (QED) is 0.433. The van der Waals surface area contributed by atoms with Crippen molar-refractivity contribution in [3.05, 3.63) is 101 Å². The van der Waals surface area contributed by atoms with Gasteiger partial charge in [0.1, 0.15) is 17.6 Å². The molecule has 0 spiro atoms. The first-order chi connectivity index (χ1) is 17.5. The van der Waals surface area contributed by atoms with Crippen molar-refractivity contribution in [2.75, 3.05) is 7.11 Å². The maximum Gasteiger partial charge on any atom is 0.243 e. The molecule has 0 bridgehead atoms. The third kappa shape index (κ3) is 6.94. The lowest BCUT2D eigenvalue weighted by Crippen LogP contribution is -2.52. The zero-order chi connectivity index (χ0) is 25.3. The van der Waals surface area contributed by atoms with Gasteiger partial charge in [-0.25, -0.2) is 4.39 Å². The average Bonchev–Trinajstić information content (AvgIpc) is 3.41. The number of amides is 2. The van der Waals surface area contributed by atoms with Gasteiger partial charge in [0.05, 0.1) is 13.5 Å². The first-order valence-corrected chi connectivity index (χ1v) is 12.5. The first-order valence-electron chi connectivity index (χ1n) is 12.5. The minimum Gasteiger partial charge on any atom is -0.497 e. The predicted octanol–water partition coefficient (Wildman–Crippen LogP) is 5.08. The van der Waals surface area contributed by atoms with E-state index < -0.39 is 6.04 Å². The molecule has 1 aliphatic carbocycles. The molecule has 1 N–H and O–H groups in total. The Morgan fingerprint density at radius 2 is 1.56 bits per heavy atom. The zero-order valence-corrected chi connectivity index (χ0v) is 20.7. The maximum atomic E-state index is 13.8. The van der Waals surface area contributed by atoms with E-state index in [0.29, 0.717) is 12.2 Å². The third-order valence-electron chi connectivity index (χ3n) is 6.75. The van der Waals surface area contributed by atoms with E-state index in [1.807, 2.05) is 54.6 Å². The summed E-state index contributed by atoms with van der Waals surface area (Å²) in [6, 6.07) is 22.6. The molecule has 0 unspecified atom stereocenters. The molecule has 4 rings (SSSR count). The molecule has 1 fully saturated rings. The van der Waals surface area contributed by atoms with Crippen LogP contribution < -0.4 is 10.1 Å². The van der Waals surface area contributed by atoms with Gasteiger partial charge in [-0.05, 0) is 53.8 Å². The second-order valence-electron chi connectivity index (χ2n) is 9.37. The largest absolute Gasteiger partial charge is 0.497 e. The number of rotatable bonds is 10. The van der Waals surface area contributed by atoms with Crippen molar-refractivity contribution in [2.24, 2.45) is 0 Å². The molecule has 3 aromatic carbocycles. The van der Waals surface area contributed by atoms with Gasteiger partial charge in [0, 0.05) is 19.0 Å². The Kier molecular flexibility index (Phi) is 8.71. The number of benzene rings is 3. The molecule has 3 aromatic rings. The van der Waals surface area contributed by atoms with Gasteiger partial charge in [-0.1, -0.05) is 67.4 Å². The number of nitrogens with zero attached hydrogens (tertiary/aromatic N) is 1. The lowest BCUT2D eigenvalue weighted by molar-refractivity contribution is -0.141. The maximum absolute atomic E-state index is 13.8. The highest BCUT2D eigenvalue weighted by Gasteiger charge is 2.32. The van der Waals surface area contributed by atoms with Crippen molar-refractivity contribution in [3.63, 3.8) is 0 Å². The second kappa shape index (κ2) is 12.3. The summed E-state index contributed by atoms with van der Waals surface area (Å²) in [5.74, 6) is 0.0740. The molecule has 2 amide bonds. The van der Waals surface area contributed by atoms with Gasteiger partial charge < -0.3 is 15.0 Å². The van der Waals surface area contributed by atoms with Crippen LogP contribution in [0.5, 0.6) is 5.75 Å². The summed E-state index contributed by atoms with van der Waals surface area (Å²) in [4.78, 5) is 29.0. The number of carbonyl (C=O) groups is 2. The molecule has 0 aromatic heterocycles. The van der Waals surface area contributed by atoms with E-state index in [9.17, 15) is 14.0 Å². The predicted molar refractivity (Wildman–Crippen MR) is 138 cm³/mol. The van der Waals surface area contributed by atoms with Gasteiger partial charge >= 0.3 is 0 Å². The molecule has 0 heterocycles. The standard InChI is InChI=1S/C30H33FN2O3/c1-36-27-17-13-23(14-18-27)20-29(34)33(21-24-11-15-25(31)16-12-24)28(19-22-7-3-2-4-8-22)30(35)32-26-9-5-6-10-26/h2-4,7-8,11-18,26,28H,5-6,9-10,19-21H2,1H3,(H,32,35)/t28-/m0/s1. The number of halogens is 1. The van der Waals surface area contributed by atoms with E-state index >= 15 is 0 Å². The van der Waals surface area contributed by atoms with Crippen LogP contribution in [0.4, 0.5) is 4.39 Å². The Balaban J connectivity index is 1.64. The second-order valence-corrected chi connectivity index (χ2v) is 9.37. The number of hydrogen-bond donors (Lipinski definition) is 1. The molecule has 0 radical (unpaired) electrons. The van der Waals surface area contributed by atoms with Gasteiger partial charge in [-0.2, -0.15) is 0 Å². The van der Waals surface area contributed by atoms with Crippen molar-refractivity contribution in [3.8, 4) is 5.75 Å². The summed E-state index contributed by atoms with van der Waals surface area (Å²) in [7, 11) is 1.60. The van der Waals surface area contributed by atoms with Gasteiger partial charge in [-0.15, -0.1) is 0 Å². The molecule has 0 saturated heterocycles. The molecule has 5 nitrogen and oxygen atoms in total. The number of nitrogens with one attached hydrogen (secondary N) is 1. The zero-order valence-electron chi connectivity index (χ0n) is 20.7. The number of carbonyl (C=O) groups excluding carboxylic acids is 2. The Labute approximate surface area is 212 Å². The van der Waals surface area contributed by atoms with Crippen molar-refractivity contribution >= 4 is 11.8 Å². The van der Waals surface area contributed by atoms with Crippen LogP contribution in [0.2, 0.25) is 0 Å². The number of methoxy groups -OCH3 is 1. The Morgan fingerprint density at radius 1 is 0.917 bits per heavy atom. The molecule has 0 aliphatic heterocycles. The van der Waals surface area contributed by atoms with Gasteiger partial charge in [-0.3, -0.25) is 9.59 Å². The number of ether oxygens (including phenoxy) is 1. The van der Waals surface area contributed by atoms with Crippen LogP contribution in [0.3, 0.4) is 0 Å². The molecular formula is C30H33FN2O3. The van der Waals surface area contributed by atoms with E-state index in [2.05, 4.69) is 5.32 Å². The van der Waals surface area contributed by atoms with E-state index in [1.54, 1.807) is 24.1 Å². The minimum absolute atomic E-state index is 0.139. The van der Waals surface area contributed by atoms with Gasteiger partial charge in [0.2, 0.25) is 11.8 Å². The highest BCUT2D eigenvalue weighted by Crippen LogP contribution is 2.21. The normalized spacial score (nSPS) is 14.3. The van der Waals surface area contributed by atoms with Gasteiger partial charge in [0.25, 0.3) is 0 Å². The lowest BCUT2D eigenvalue weighted by Gasteiger charge is -2.32. The van der Waals surface area contributed by atoms with Crippen LogP contribution >= 0.6 is 0 Å². The fourth-order valence-corrected chi connectivity index (χ4v) is 4.73. The summed E-state index contributed by atoms with van der Waals surface area (Å²) in [5, 5.41) is 3.20. The highest BCUT2D eigenvalue weighted by molar-refractivity contribution is 5.89. The molecule has 1 atom stereocenters.